The molecule has 24 heavy (non-hydrogen) atoms. The molecule has 0 atom stereocenters. The van der Waals surface area contributed by atoms with Crippen LogP contribution in [0, 0.1) is 5.92 Å². The standard InChI is InChI=1S/C17H26N4O2.HI/c1-3-18-17(21-10-8-13(2)9-11-21)19-12-16(23)20-14-4-6-15(22)7-5-14;/h4-7,13,22H,3,8-12H2,1-2H3,(H,18,19)(H,20,23);1H. The topological polar surface area (TPSA) is 77.0 Å². The van der Waals surface area contributed by atoms with E-state index >= 15 is 0 Å². The van der Waals surface area contributed by atoms with Crippen LogP contribution in [0.1, 0.15) is 26.7 Å². The van der Waals surface area contributed by atoms with Gasteiger partial charge in [-0.2, -0.15) is 0 Å². The minimum absolute atomic E-state index is 0. The van der Waals surface area contributed by atoms with Gasteiger partial charge in [-0.3, -0.25) is 4.79 Å². The van der Waals surface area contributed by atoms with E-state index in [0.29, 0.717) is 5.69 Å². The van der Waals surface area contributed by atoms with E-state index in [9.17, 15) is 9.90 Å². The number of likely N-dealkylation sites (tertiary alicyclic amines) is 1. The van der Waals surface area contributed by atoms with Gasteiger partial charge in [0.1, 0.15) is 12.3 Å². The third-order valence-electron chi connectivity index (χ3n) is 3.94. The molecule has 1 heterocycles. The molecule has 134 valence electrons. The summed E-state index contributed by atoms with van der Waals surface area (Å²) in [5.74, 6) is 1.57. The summed E-state index contributed by atoms with van der Waals surface area (Å²) in [6.07, 6.45) is 2.31. The van der Waals surface area contributed by atoms with Crippen LogP contribution in [0.2, 0.25) is 0 Å². The summed E-state index contributed by atoms with van der Waals surface area (Å²) >= 11 is 0. The fourth-order valence-corrected chi connectivity index (χ4v) is 2.54. The van der Waals surface area contributed by atoms with Crippen molar-refractivity contribution in [1.82, 2.24) is 10.2 Å². The maximum absolute atomic E-state index is 12.0. The quantitative estimate of drug-likeness (QED) is 0.288. The first-order valence-corrected chi connectivity index (χ1v) is 8.20. The summed E-state index contributed by atoms with van der Waals surface area (Å²) in [5.41, 5.74) is 0.653. The van der Waals surface area contributed by atoms with Crippen molar-refractivity contribution in [2.24, 2.45) is 10.9 Å². The Balaban J connectivity index is 0.00000288. The van der Waals surface area contributed by atoms with Gasteiger partial charge in [-0.25, -0.2) is 4.99 Å². The number of nitrogens with zero attached hydrogens (tertiary/aromatic N) is 2. The highest BCUT2D eigenvalue weighted by Gasteiger charge is 2.18. The lowest BCUT2D eigenvalue weighted by Gasteiger charge is -2.32. The second-order valence-corrected chi connectivity index (χ2v) is 5.93. The third-order valence-corrected chi connectivity index (χ3v) is 3.94. The monoisotopic (exact) mass is 446 g/mol. The van der Waals surface area contributed by atoms with Crippen LogP contribution in [-0.2, 0) is 4.79 Å². The second kappa shape index (κ2) is 10.4. The molecule has 0 aromatic heterocycles. The van der Waals surface area contributed by atoms with Crippen molar-refractivity contribution < 1.29 is 9.90 Å². The average Bonchev–Trinajstić information content (AvgIpc) is 2.54. The molecule has 0 bridgehead atoms. The maximum Gasteiger partial charge on any atom is 0.246 e. The van der Waals surface area contributed by atoms with Crippen LogP contribution in [0.5, 0.6) is 5.75 Å². The van der Waals surface area contributed by atoms with Crippen molar-refractivity contribution >= 4 is 41.5 Å². The summed E-state index contributed by atoms with van der Waals surface area (Å²) in [6.45, 7) is 7.12. The van der Waals surface area contributed by atoms with E-state index in [1.807, 2.05) is 6.92 Å². The molecular formula is C17H27IN4O2. The number of piperidine rings is 1. The molecule has 0 radical (unpaired) electrons. The number of aromatic hydroxyl groups is 1. The largest absolute Gasteiger partial charge is 0.508 e. The van der Waals surface area contributed by atoms with Gasteiger partial charge in [0.25, 0.3) is 0 Å². The zero-order valence-corrected chi connectivity index (χ0v) is 16.6. The fraction of sp³-hybridized carbons (Fsp3) is 0.529. The Morgan fingerprint density at radius 2 is 1.92 bits per heavy atom. The van der Waals surface area contributed by atoms with Crippen LogP contribution in [0.15, 0.2) is 29.3 Å². The van der Waals surface area contributed by atoms with Crippen molar-refractivity contribution in [3.8, 4) is 5.75 Å². The first kappa shape index (κ1) is 20.5. The number of carbonyl (C=O) groups is 1. The molecule has 1 aliphatic heterocycles. The molecule has 0 unspecified atom stereocenters. The van der Waals surface area contributed by atoms with Crippen molar-refractivity contribution in [1.29, 1.82) is 0 Å². The van der Waals surface area contributed by atoms with E-state index in [2.05, 4.69) is 27.4 Å². The van der Waals surface area contributed by atoms with Crippen LogP contribution in [0.25, 0.3) is 0 Å². The summed E-state index contributed by atoms with van der Waals surface area (Å²) in [7, 11) is 0. The molecular weight excluding hydrogens is 419 g/mol. The number of hydrogen-bond acceptors (Lipinski definition) is 3. The van der Waals surface area contributed by atoms with E-state index in [1.165, 1.54) is 12.1 Å². The Labute approximate surface area is 160 Å². The average molecular weight is 446 g/mol. The Hall–Kier alpha value is -1.51. The Morgan fingerprint density at radius 3 is 2.50 bits per heavy atom. The Kier molecular flexibility index (Phi) is 8.88. The minimum atomic E-state index is -0.170. The van der Waals surface area contributed by atoms with Crippen molar-refractivity contribution in [2.45, 2.75) is 26.7 Å². The number of halogens is 1. The molecule has 1 aromatic carbocycles. The third kappa shape index (κ3) is 6.54. The van der Waals surface area contributed by atoms with Gasteiger partial charge in [-0.05, 0) is 49.9 Å². The molecule has 1 saturated heterocycles. The number of phenolic OH excluding ortho intramolecular Hbond substituents is 1. The molecule has 1 aromatic rings. The van der Waals surface area contributed by atoms with Crippen LogP contribution in [0.3, 0.4) is 0 Å². The van der Waals surface area contributed by atoms with Crippen molar-refractivity contribution in [3.05, 3.63) is 24.3 Å². The number of hydrogen-bond donors (Lipinski definition) is 3. The summed E-state index contributed by atoms with van der Waals surface area (Å²) in [6, 6.07) is 6.40. The number of rotatable bonds is 4. The summed E-state index contributed by atoms with van der Waals surface area (Å²) < 4.78 is 0. The van der Waals surface area contributed by atoms with E-state index in [4.69, 9.17) is 0 Å². The van der Waals surface area contributed by atoms with Gasteiger partial charge >= 0.3 is 0 Å². The number of phenols is 1. The Morgan fingerprint density at radius 1 is 1.29 bits per heavy atom. The van der Waals surface area contributed by atoms with Crippen LogP contribution in [0.4, 0.5) is 5.69 Å². The normalized spacial score (nSPS) is 15.6. The van der Waals surface area contributed by atoms with Gasteiger partial charge < -0.3 is 20.6 Å². The smallest absolute Gasteiger partial charge is 0.246 e. The van der Waals surface area contributed by atoms with Gasteiger partial charge in [0.2, 0.25) is 5.91 Å². The van der Waals surface area contributed by atoms with E-state index < -0.39 is 0 Å². The lowest BCUT2D eigenvalue weighted by Crippen LogP contribution is -2.45. The molecule has 1 amide bonds. The summed E-state index contributed by atoms with van der Waals surface area (Å²) in [5, 5.41) is 15.3. The highest BCUT2D eigenvalue weighted by molar-refractivity contribution is 14.0. The number of guanidine groups is 1. The van der Waals surface area contributed by atoms with Gasteiger partial charge in [0.05, 0.1) is 0 Å². The first-order valence-electron chi connectivity index (χ1n) is 8.20. The fourth-order valence-electron chi connectivity index (χ4n) is 2.54. The highest BCUT2D eigenvalue weighted by Crippen LogP contribution is 2.16. The van der Waals surface area contributed by atoms with Crippen LogP contribution >= 0.6 is 24.0 Å². The van der Waals surface area contributed by atoms with Crippen molar-refractivity contribution in [3.63, 3.8) is 0 Å². The second-order valence-electron chi connectivity index (χ2n) is 5.93. The maximum atomic E-state index is 12.0. The predicted molar refractivity (Wildman–Crippen MR) is 108 cm³/mol. The number of amides is 1. The zero-order valence-electron chi connectivity index (χ0n) is 14.3. The van der Waals surface area contributed by atoms with Gasteiger partial charge in [0, 0.05) is 25.3 Å². The van der Waals surface area contributed by atoms with Gasteiger partial charge in [-0.1, -0.05) is 6.92 Å². The van der Waals surface area contributed by atoms with E-state index in [1.54, 1.807) is 12.1 Å². The number of anilines is 1. The molecule has 0 aliphatic carbocycles. The molecule has 0 saturated carbocycles. The highest BCUT2D eigenvalue weighted by atomic mass is 127. The SMILES string of the molecule is CCNC(=NCC(=O)Nc1ccc(O)cc1)N1CCC(C)CC1.I. The number of nitrogens with one attached hydrogen (secondary N) is 2. The molecule has 1 fully saturated rings. The minimum Gasteiger partial charge on any atom is -0.508 e. The molecule has 0 spiro atoms. The number of aliphatic imine (C=N–C) groups is 1. The van der Waals surface area contributed by atoms with Crippen molar-refractivity contribution in [2.75, 3.05) is 31.5 Å². The lowest BCUT2D eigenvalue weighted by atomic mass is 10.00. The van der Waals surface area contributed by atoms with E-state index in [0.717, 1.165) is 44.4 Å². The molecule has 1 aliphatic rings. The molecule has 3 N–H and O–H groups in total. The molecule has 7 heteroatoms. The zero-order chi connectivity index (χ0) is 16.7. The van der Waals surface area contributed by atoms with Crippen LogP contribution in [-0.4, -0.2) is 48.1 Å². The first-order chi connectivity index (χ1) is 11.1. The lowest BCUT2D eigenvalue weighted by molar-refractivity contribution is -0.114. The number of benzene rings is 1. The number of carbonyl (C=O) groups excluding carboxylic acids is 1. The van der Waals surface area contributed by atoms with E-state index in [-0.39, 0.29) is 42.2 Å². The summed E-state index contributed by atoms with van der Waals surface area (Å²) in [4.78, 5) is 18.7. The predicted octanol–water partition coefficient (Wildman–Crippen LogP) is 2.65. The Bertz CT molecular complexity index is 540. The van der Waals surface area contributed by atoms with Gasteiger partial charge in [0.15, 0.2) is 5.96 Å². The molecule has 2 rings (SSSR count). The van der Waals surface area contributed by atoms with Crippen LogP contribution < -0.4 is 10.6 Å². The molecule has 6 nitrogen and oxygen atoms in total. The van der Waals surface area contributed by atoms with Gasteiger partial charge in [-0.15, -0.1) is 24.0 Å².